The Labute approximate surface area is 182 Å². The second-order valence-corrected chi connectivity index (χ2v) is 7.53. The second-order valence-electron chi connectivity index (χ2n) is 7.53. The summed E-state index contributed by atoms with van der Waals surface area (Å²) in [7, 11) is 0. The minimum Gasteiger partial charge on any atom is -0.484 e. The van der Waals surface area contributed by atoms with Crippen LogP contribution in [0.1, 0.15) is 30.5 Å². The fourth-order valence-electron chi connectivity index (χ4n) is 2.48. The van der Waals surface area contributed by atoms with Gasteiger partial charge in [0.1, 0.15) is 5.75 Å². The van der Waals surface area contributed by atoms with Crippen molar-refractivity contribution in [3.05, 3.63) is 59.2 Å². The zero-order valence-electron chi connectivity index (χ0n) is 18.2. The van der Waals surface area contributed by atoms with Gasteiger partial charge in [-0.1, -0.05) is 38.1 Å². The molecule has 0 saturated heterocycles. The number of benzene rings is 2. The van der Waals surface area contributed by atoms with Crippen molar-refractivity contribution in [2.75, 3.05) is 18.5 Å². The number of hydrazone groups is 1. The number of hydrogen-bond acceptors (Lipinski definition) is 5. The van der Waals surface area contributed by atoms with Gasteiger partial charge in [0.2, 0.25) is 0 Å². The van der Waals surface area contributed by atoms with Crippen LogP contribution in [0.2, 0.25) is 0 Å². The predicted octanol–water partition coefficient (Wildman–Crippen LogP) is 2.54. The third-order valence-corrected chi connectivity index (χ3v) is 4.15. The lowest BCUT2D eigenvalue weighted by Crippen LogP contribution is -2.39. The summed E-state index contributed by atoms with van der Waals surface area (Å²) in [6.45, 7) is 8.00. The van der Waals surface area contributed by atoms with E-state index in [0.717, 1.165) is 16.8 Å². The molecule has 3 amide bonds. The molecule has 0 unspecified atom stereocenters. The topological polar surface area (TPSA) is 109 Å². The van der Waals surface area contributed by atoms with Gasteiger partial charge in [0, 0.05) is 12.2 Å². The molecular formula is C23H28N4O4. The molecule has 0 aromatic heterocycles. The van der Waals surface area contributed by atoms with Gasteiger partial charge in [0.05, 0.1) is 6.21 Å². The zero-order valence-corrected chi connectivity index (χ0v) is 18.2. The highest BCUT2D eigenvalue weighted by molar-refractivity contribution is 6.35. The van der Waals surface area contributed by atoms with Crippen LogP contribution in [0.5, 0.6) is 5.75 Å². The van der Waals surface area contributed by atoms with Crippen LogP contribution in [0.4, 0.5) is 5.69 Å². The number of anilines is 1. The lowest BCUT2D eigenvalue weighted by Gasteiger charge is -2.10. The summed E-state index contributed by atoms with van der Waals surface area (Å²) in [6.07, 6.45) is 1.39. The van der Waals surface area contributed by atoms with Gasteiger partial charge < -0.3 is 15.4 Å². The molecule has 0 spiro atoms. The molecular weight excluding hydrogens is 396 g/mol. The van der Waals surface area contributed by atoms with E-state index >= 15 is 0 Å². The Hall–Kier alpha value is -3.68. The molecule has 0 atom stereocenters. The number of carbonyl (C=O) groups excluding carboxylic acids is 3. The highest BCUT2D eigenvalue weighted by Gasteiger charge is 2.12. The highest BCUT2D eigenvalue weighted by atomic mass is 16.5. The van der Waals surface area contributed by atoms with Crippen LogP contribution >= 0.6 is 0 Å². The van der Waals surface area contributed by atoms with E-state index in [9.17, 15) is 14.4 Å². The number of carbonyl (C=O) groups is 3. The molecule has 0 radical (unpaired) electrons. The standard InChI is InChI=1S/C23H28N4O4/c1-15(2)12-24-22(29)23(30)27-25-13-18-6-5-7-19(11-18)31-14-21(28)26-20-10-16(3)8-9-17(20)4/h5-11,13,15H,12,14H2,1-4H3,(H,24,29)(H,26,28)(H,27,30)/b25-13-. The normalized spacial score (nSPS) is 10.7. The number of amides is 3. The number of aryl methyl sites for hydroxylation is 2. The summed E-state index contributed by atoms with van der Waals surface area (Å²) < 4.78 is 5.55. The highest BCUT2D eigenvalue weighted by Crippen LogP contribution is 2.17. The van der Waals surface area contributed by atoms with Gasteiger partial charge in [-0.15, -0.1) is 0 Å². The minimum absolute atomic E-state index is 0.152. The summed E-state index contributed by atoms with van der Waals surface area (Å²) >= 11 is 0. The molecule has 3 N–H and O–H groups in total. The summed E-state index contributed by atoms with van der Waals surface area (Å²) in [5.41, 5.74) is 5.59. The van der Waals surface area contributed by atoms with Gasteiger partial charge in [-0.2, -0.15) is 5.10 Å². The predicted molar refractivity (Wildman–Crippen MR) is 120 cm³/mol. The fraction of sp³-hybridized carbons (Fsp3) is 0.304. The first-order valence-corrected chi connectivity index (χ1v) is 9.96. The van der Waals surface area contributed by atoms with Gasteiger partial charge in [0.15, 0.2) is 6.61 Å². The van der Waals surface area contributed by atoms with E-state index in [4.69, 9.17) is 4.74 Å². The van der Waals surface area contributed by atoms with Crippen molar-refractivity contribution < 1.29 is 19.1 Å². The van der Waals surface area contributed by atoms with Gasteiger partial charge in [-0.05, 0) is 54.7 Å². The number of ether oxygens (including phenoxy) is 1. The Morgan fingerprint density at radius 2 is 1.84 bits per heavy atom. The first-order valence-electron chi connectivity index (χ1n) is 9.96. The quantitative estimate of drug-likeness (QED) is 0.344. The molecule has 0 heterocycles. The van der Waals surface area contributed by atoms with E-state index in [-0.39, 0.29) is 18.4 Å². The fourth-order valence-corrected chi connectivity index (χ4v) is 2.48. The molecule has 2 aromatic rings. The minimum atomic E-state index is -0.840. The van der Waals surface area contributed by atoms with Crippen LogP contribution in [0.25, 0.3) is 0 Å². The Kier molecular flexibility index (Phi) is 8.75. The number of nitrogens with zero attached hydrogens (tertiary/aromatic N) is 1. The van der Waals surface area contributed by atoms with E-state index in [1.807, 2.05) is 45.9 Å². The van der Waals surface area contributed by atoms with Crippen LogP contribution in [-0.4, -0.2) is 37.1 Å². The maximum Gasteiger partial charge on any atom is 0.329 e. The molecule has 31 heavy (non-hydrogen) atoms. The molecule has 0 saturated carbocycles. The van der Waals surface area contributed by atoms with Crippen LogP contribution in [0, 0.1) is 19.8 Å². The Bertz CT molecular complexity index is 970. The summed E-state index contributed by atoms with van der Waals surface area (Å²) in [5, 5.41) is 9.12. The maximum absolute atomic E-state index is 12.2. The van der Waals surface area contributed by atoms with Gasteiger partial charge >= 0.3 is 11.8 Å². The van der Waals surface area contributed by atoms with Crippen LogP contribution in [0.3, 0.4) is 0 Å². The zero-order chi connectivity index (χ0) is 22.8. The largest absolute Gasteiger partial charge is 0.484 e. The first kappa shape index (κ1) is 23.6. The summed E-state index contributed by atoms with van der Waals surface area (Å²) in [6, 6.07) is 12.7. The van der Waals surface area contributed by atoms with Crippen LogP contribution in [0.15, 0.2) is 47.6 Å². The van der Waals surface area contributed by atoms with E-state index in [2.05, 4.69) is 21.2 Å². The molecule has 0 aliphatic rings. The lowest BCUT2D eigenvalue weighted by molar-refractivity contribution is -0.139. The van der Waals surface area contributed by atoms with Crippen molar-refractivity contribution in [2.24, 2.45) is 11.0 Å². The molecule has 8 nitrogen and oxygen atoms in total. The van der Waals surface area contributed by atoms with Crippen molar-refractivity contribution in [3.63, 3.8) is 0 Å². The van der Waals surface area contributed by atoms with E-state index < -0.39 is 11.8 Å². The number of rotatable bonds is 8. The summed E-state index contributed by atoms with van der Waals surface area (Å²) in [4.78, 5) is 35.5. The smallest absolute Gasteiger partial charge is 0.329 e. The van der Waals surface area contributed by atoms with Crippen molar-refractivity contribution in [2.45, 2.75) is 27.7 Å². The molecule has 0 bridgehead atoms. The van der Waals surface area contributed by atoms with Gasteiger partial charge in [0.25, 0.3) is 5.91 Å². The van der Waals surface area contributed by atoms with E-state index in [1.165, 1.54) is 6.21 Å². The van der Waals surface area contributed by atoms with Crippen molar-refractivity contribution in [3.8, 4) is 5.75 Å². The number of nitrogens with one attached hydrogen (secondary N) is 3. The van der Waals surface area contributed by atoms with E-state index in [0.29, 0.717) is 17.9 Å². The molecule has 0 fully saturated rings. The summed E-state index contributed by atoms with van der Waals surface area (Å²) in [5.74, 6) is -1.13. The number of hydrogen-bond donors (Lipinski definition) is 3. The average Bonchev–Trinajstić information content (AvgIpc) is 2.73. The maximum atomic E-state index is 12.2. The monoisotopic (exact) mass is 424 g/mol. The van der Waals surface area contributed by atoms with Crippen LogP contribution < -0.4 is 20.8 Å². The van der Waals surface area contributed by atoms with Crippen molar-refractivity contribution in [1.82, 2.24) is 10.7 Å². The van der Waals surface area contributed by atoms with Gasteiger partial charge in [-0.3, -0.25) is 14.4 Å². The first-order chi connectivity index (χ1) is 14.7. The molecule has 164 valence electrons. The van der Waals surface area contributed by atoms with Gasteiger partial charge in [-0.25, -0.2) is 5.43 Å². The van der Waals surface area contributed by atoms with Crippen molar-refractivity contribution >= 4 is 29.6 Å². The Morgan fingerprint density at radius 3 is 2.58 bits per heavy atom. The second kappa shape index (κ2) is 11.5. The molecule has 0 aliphatic carbocycles. The molecule has 2 aromatic carbocycles. The van der Waals surface area contributed by atoms with Crippen LogP contribution in [-0.2, 0) is 14.4 Å². The van der Waals surface area contributed by atoms with E-state index in [1.54, 1.807) is 24.3 Å². The SMILES string of the molecule is Cc1ccc(C)c(NC(=O)COc2cccc(/C=N\NC(=O)C(=O)NCC(C)C)c2)c1. The molecule has 0 aliphatic heterocycles. The molecule has 8 heteroatoms. The molecule has 2 rings (SSSR count). The Morgan fingerprint density at radius 1 is 1.06 bits per heavy atom. The third kappa shape index (κ3) is 8.30. The lowest BCUT2D eigenvalue weighted by atomic mass is 10.1. The third-order valence-electron chi connectivity index (χ3n) is 4.15. The van der Waals surface area contributed by atoms with Crippen molar-refractivity contribution in [1.29, 1.82) is 0 Å². The average molecular weight is 425 g/mol. The Balaban J connectivity index is 1.85.